The molecule has 1 saturated heterocycles. The van der Waals surface area contributed by atoms with Crippen LogP contribution in [-0.2, 0) is 15.0 Å². The van der Waals surface area contributed by atoms with Crippen molar-refractivity contribution in [1.82, 2.24) is 15.1 Å². The minimum absolute atomic E-state index is 0. The molecule has 1 spiro atoms. The van der Waals surface area contributed by atoms with Gasteiger partial charge in [0.1, 0.15) is 0 Å². The number of piperidine rings is 1. The van der Waals surface area contributed by atoms with Gasteiger partial charge in [-0.3, -0.25) is 9.59 Å². The Morgan fingerprint density at radius 1 is 1.19 bits per heavy atom. The van der Waals surface area contributed by atoms with E-state index < -0.39 is 0 Å². The van der Waals surface area contributed by atoms with Crippen LogP contribution < -0.4 is 5.32 Å². The van der Waals surface area contributed by atoms with Crippen molar-refractivity contribution < 1.29 is 11.0 Å². The van der Waals surface area contributed by atoms with Crippen LogP contribution in [0.25, 0.3) is 0 Å². The summed E-state index contributed by atoms with van der Waals surface area (Å²) in [5, 5.41) is 2.76. The zero-order chi connectivity index (χ0) is 23.4. The molecule has 0 saturated carbocycles. The predicted octanol–water partition coefficient (Wildman–Crippen LogP) is 4.91. The molecule has 2 amide bonds. The number of amides is 2. The molecule has 1 aromatic rings. The third-order valence-electron chi connectivity index (χ3n) is 7.53. The SMILES string of the molecule is CCN(C(=O)CCNC(C)=O)[C@H]1CCC2(CCN(CCC(C)(C)C)CC2)c2ccccc21.[HH]. The van der Waals surface area contributed by atoms with Crippen LogP contribution in [0.4, 0.5) is 0 Å². The van der Waals surface area contributed by atoms with E-state index in [4.69, 9.17) is 0 Å². The highest BCUT2D eigenvalue weighted by molar-refractivity contribution is 5.78. The number of nitrogens with zero attached hydrogens (tertiary/aromatic N) is 2. The fourth-order valence-corrected chi connectivity index (χ4v) is 5.57. The van der Waals surface area contributed by atoms with Gasteiger partial charge in [-0.15, -0.1) is 0 Å². The molecule has 1 aliphatic carbocycles. The first kappa shape index (κ1) is 24.8. The molecule has 1 heterocycles. The van der Waals surface area contributed by atoms with Gasteiger partial charge in [0.2, 0.25) is 11.8 Å². The quantitative estimate of drug-likeness (QED) is 0.651. The number of fused-ring (bicyclic) bond motifs is 2. The summed E-state index contributed by atoms with van der Waals surface area (Å²) in [7, 11) is 0. The van der Waals surface area contributed by atoms with Crippen molar-refractivity contribution in [3.63, 3.8) is 0 Å². The molecule has 0 radical (unpaired) electrons. The standard InChI is InChI=1S/C27H43N3O2.H2/c1-6-30(25(32)12-17-28-21(2)31)24-11-13-27(23-10-8-7-9-22(23)24)15-19-29(20-16-27)18-14-26(3,4)5;/h7-10,24H,6,11-20H2,1-5H3,(H,28,31);1H/t24-;/m0./s1. The lowest BCUT2D eigenvalue weighted by Gasteiger charge is -2.49. The largest absolute Gasteiger partial charge is 0.356 e. The molecule has 180 valence electrons. The molecule has 0 bridgehead atoms. The van der Waals surface area contributed by atoms with Crippen LogP contribution in [0, 0.1) is 5.41 Å². The van der Waals surface area contributed by atoms with Gasteiger partial charge in [0.05, 0.1) is 6.04 Å². The molecule has 32 heavy (non-hydrogen) atoms. The molecule has 5 nitrogen and oxygen atoms in total. The highest BCUT2D eigenvalue weighted by atomic mass is 16.2. The maximum absolute atomic E-state index is 13.0. The normalized spacial score (nSPS) is 20.6. The van der Waals surface area contributed by atoms with Crippen LogP contribution in [0.1, 0.15) is 91.7 Å². The van der Waals surface area contributed by atoms with Gasteiger partial charge in [0.25, 0.3) is 0 Å². The Balaban J connectivity index is 0.00000385. The van der Waals surface area contributed by atoms with E-state index in [2.05, 4.69) is 62.2 Å². The van der Waals surface area contributed by atoms with E-state index in [1.807, 2.05) is 4.90 Å². The van der Waals surface area contributed by atoms with Crippen LogP contribution >= 0.6 is 0 Å². The van der Waals surface area contributed by atoms with Crippen LogP contribution in [0.3, 0.4) is 0 Å². The van der Waals surface area contributed by atoms with Gasteiger partial charge in [-0.2, -0.15) is 0 Å². The fourth-order valence-electron chi connectivity index (χ4n) is 5.57. The van der Waals surface area contributed by atoms with Crippen molar-refractivity contribution in [3.8, 4) is 0 Å². The first-order valence-electron chi connectivity index (χ1n) is 12.5. The number of likely N-dealkylation sites (tertiary alicyclic amines) is 1. The van der Waals surface area contributed by atoms with Gasteiger partial charge >= 0.3 is 0 Å². The summed E-state index contributed by atoms with van der Waals surface area (Å²) >= 11 is 0. The zero-order valence-electron chi connectivity index (χ0n) is 20.9. The topological polar surface area (TPSA) is 52.7 Å². The second kappa shape index (κ2) is 10.4. The minimum Gasteiger partial charge on any atom is -0.356 e. The highest BCUT2D eigenvalue weighted by Crippen LogP contribution is 2.49. The summed E-state index contributed by atoms with van der Waals surface area (Å²) in [6.45, 7) is 15.2. The Morgan fingerprint density at radius 3 is 2.50 bits per heavy atom. The molecular weight excluding hydrogens is 398 g/mol. The molecule has 2 aliphatic rings. The van der Waals surface area contributed by atoms with Gasteiger partial charge in [-0.1, -0.05) is 45.0 Å². The number of carbonyl (C=O) groups is 2. The number of hydrogen-bond acceptors (Lipinski definition) is 3. The van der Waals surface area contributed by atoms with Crippen molar-refractivity contribution in [2.45, 2.75) is 84.6 Å². The molecule has 0 unspecified atom stereocenters. The third-order valence-corrected chi connectivity index (χ3v) is 7.53. The lowest BCUT2D eigenvalue weighted by molar-refractivity contribution is -0.134. The highest BCUT2D eigenvalue weighted by Gasteiger charge is 2.43. The van der Waals surface area contributed by atoms with Gasteiger partial charge in [0.15, 0.2) is 0 Å². The molecule has 5 heteroatoms. The Kier molecular flexibility index (Phi) is 8.02. The van der Waals surface area contributed by atoms with E-state index in [0.717, 1.165) is 12.8 Å². The van der Waals surface area contributed by atoms with Crippen LogP contribution in [0.2, 0.25) is 0 Å². The van der Waals surface area contributed by atoms with Gasteiger partial charge in [-0.05, 0) is 80.6 Å². The average molecular weight is 444 g/mol. The molecule has 1 N–H and O–H groups in total. The maximum atomic E-state index is 13.0. The summed E-state index contributed by atoms with van der Waals surface area (Å²) < 4.78 is 0. The summed E-state index contributed by atoms with van der Waals surface area (Å²) in [5.41, 5.74) is 3.45. The Bertz CT molecular complexity index is 797. The number of hydrogen-bond donors (Lipinski definition) is 1. The fraction of sp³-hybridized carbons (Fsp3) is 0.704. The zero-order valence-corrected chi connectivity index (χ0v) is 20.9. The summed E-state index contributed by atoms with van der Waals surface area (Å²) in [6.07, 6.45) is 6.20. The summed E-state index contributed by atoms with van der Waals surface area (Å²) in [4.78, 5) is 28.9. The average Bonchev–Trinajstić information content (AvgIpc) is 2.75. The Hall–Kier alpha value is -1.88. The van der Waals surface area contributed by atoms with Crippen molar-refractivity contribution in [3.05, 3.63) is 35.4 Å². The number of rotatable bonds is 7. The summed E-state index contributed by atoms with van der Waals surface area (Å²) in [5.74, 6) is 0.0497. The molecule has 0 aromatic heterocycles. The predicted molar refractivity (Wildman–Crippen MR) is 133 cm³/mol. The van der Waals surface area contributed by atoms with Crippen molar-refractivity contribution in [2.75, 3.05) is 32.7 Å². The molecule has 1 atom stereocenters. The lowest BCUT2D eigenvalue weighted by Crippen LogP contribution is -2.47. The van der Waals surface area contributed by atoms with Gasteiger partial charge in [-0.25, -0.2) is 0 Å². The second-order valence-electron chi connectivity index (χ2n) is 11.0. The van der Waals surface area contributed by atoms with E-state index in [1.54, 1.807) is 0 Å². The van der Waals surface area contributed by atoms with Gasteiger partial charge < -0.3 is 15.1 Å². The van der Waals surface area contributed by atoms with E-state index in [1.165, 1.54) is 56.9 Å². The van der Waals surface area contributed by atoms with E-state index >= 15 is 0 Å². The number of carbonyl (C=O) groups excluding carboxylic acids is 2. The number of nitrogens with one attached hydrogen (secondary N) is 1. The first-order chi connectivity index (χ1) is 15.1. The summed E-state index contributed by atoms with van der Waals surface area (Å²) in [6, 6.07) is 9.01. The maximum Gasteiger partial charge on any atom is 0.224 e. The smallest absolute Gasteiger partial charge is 0.224 e. The van der Waals surface area contributed by atoms with Crippen molar-refractivity contribution >= 4 is 11.8 Å². The van der Waals surface area contributed by atoms with Crippen LogP contribution in [0.5, 0.6) is 0 Å². The minimum atomic E-state index is -0.0837. The lowest BCUT2D eigenvalue weighted by atomic mass is 9.63. The third kappa shape index (κ3) is 5.92. The van der Waals surface area contributed by atoms with E-state index in [9.17, 15) is 9.59 Å². The monoisotopic (exact) mass is 443 g/mol. The first-order valence-corrected chi connectivity index (χ1v) is 12.5. The Labute approximate surface area is 196 Å². The van der Waals surface area contributed by atoms with Gasteiger partial charge in [0, 0.05) is 27.9 Å². The molecule has 1 fully saturated rings. The van der Waals surface area contributed by atoms with Crippen molar-refractivity contribution in [2.24, 2.45) is 5.41 Å². The molecular formula is C27H45N3O2. The van der Waals surface area contributed by atoms with Crippen molar-refractivity contribution in [1.29, 1.82) is 0 Å². The van der Waals surface area contributed by atoms with Crippen LogP contribution in [-0.4, -0.2) is 54.3 Å². The van der Waals surface area contributed by atoms with E-state index in [-0.39, 0.29) is 24.7 Å². The molecule has 3 rings (SSSR count). The number of benzene rings is 1. The second-order valence-corrected chi connectivity index (χ2v) is 11.0. The Morgan fingerprint density at radius 2 is 1.88 bits per heavy atom. The van der Waals surface area contributed by atoms with E-state index in [0.29, 0.717) is 24.9 Å². The molecule has 1 aliphatic heterocycles. The molecule has 1 aromatic carbocycles. The van der Waals surface area contributed by atoms with Crippen LogP contribution in [0.15, 0.2) is 24.3 Å².